The Labute approximate surface area is 118 Å². The number of rotatable bonds is 7. The molecule has 0 fully saturated rings. The third-order valence-corrected chi connectivity index (χ3v) is 2.69. The molecule has 108 valence electrons. The third kappa shape index (κ3) is 6.08. The van der Waals surface area contributed by atoms with Crippen LogP contribution in [-0.2, 0) is 16.1 Å². The highest BCUT2D eigenvalue weighted by Gasteiger charge is 2.08. The molecule has 1 rings (SSSR count). The van der Waals surface area contributed by atoms with Gasteiger partial charge in [-0.05, 0) is 24.5 Å². The molecule has 20 heavy (non-hydrogen) atoms. The summed E-state index contributed by atoms with van der Waals surface area (Å²) in [5.41, 5.74) is 4.17. The first-order chi connectivity index (χ1) is 9.65. The Balaban J connectivity index is 2.31. The molecule has 1 heterocycles. The molecule has 1 aromatic heterocycles. The van der Waals surface area contributed by atoms with Gasteiger partial charge in [0.1, 0.15) is 6.42 Å². The van der Waals surface area contributed by atoms with Crippen molar-refractivity contribution in [3.8, 4) is 0 Å². The van der Waals surface area contributed by atoms with Crippen LogP contribution in [0.15, 0.2) is 29.6 Å². The molecule has 1 aromatic rings. The Morgan fingerprint density at radius 2 is 2.00 bits per heavy atom. The van der Waals surface area contributed by atoms with Crippen molar-refractivity contribution in [2.45, 2.75) is 39.7 Å². The molecule has 0 saturated heterocycles. The van der Waals surface area contributed by atoms with Crippen LogP contribution in [0.4, 0.5) is 0 Å². The van der Waals surface area contributed by atoms with Gasteiger partial charge in [0.05, 0.1) is 0 Å². The van der Waals surface area contributed by atoms with E-state index in [0.717, 1.165) is 24.1 Å². The first kappa shape index (κ1) is 15.8. The van der Waals surface area contributed by atoms with Crippen molar-refractivity contribution in [1.29, 1.82) is 0 Å². The van der Waals surface area contributed by atoms with Crippen molar-refractivity contribution in [2.75, 3.05) is 0 Å². The first-order valence-corrected chi connectivity index (χ1v) is 6.65. The maximum atomic E-state index is 11.6. The van der Waals surface area contributed by atoms with E-state index < -0.39 is 5.91 Å². The number of amides is 2. The largest absolute Gasteiger partial charge is 0.352 e. The van der Waals surface area contributed by atoms with Gasteiger partial charge in [0, 0.05) is 24.7 Å². The van der Waals surface area contributed by atoms with Crippen molar-refractivity contribution < 1.29 is 9.59 Å². The minimum atomic E-state index is -0.409. The summed E-state index contributed by atoms with van der Waals surface area (Å²) in [6, 6.07) is 3.65. The molecule has 0 aliphatic rings. The van der Waals surface area contributed by atoms with Crippen LogP contribution in [0, 0.1) is 0 Å². The van der Waals surface area contributed by atoms with Crippen molar-refractivity contribution in [1.82, 2.24) is 15.7 Å². The summed E-state index contributed by atoms with van der Waals surface area (Å²) in [6.45, 7) is 4.29. The second-order valence-electron chi connectivity index (χ2n) is 4.23. The molecule has 0 spiro atoms. The zero-order chi connectivity index (χ0) is 14.8. The maximum Gasteiger partial charge on any atom is 0.249 e. The van der Waals surface area contributed by atoms with Crippen LogP contribution >= 0.6 is 0 Å². The molecule has 0 aliphatic heterocycles. The summed E-state index contributed by atoms with van der Waals surface area (Å²) < 4.78 is 0. The topological polar surface area (TPSA) is 83.5 Å². The number of aromatic nitrogens is 1. The summed E-state index contributed by atoms with van der Waals surface area (Å²) in [4.78, 5) is 27.0. The number of hydrogen-bond donors (Lipinski definition) is 2. The molecular weight excluding hydrogens is 256 g/mol. The van der Waals surface area contributed by atoms with Gasteiger partial charge in [0.2, 0.25) is 11.8 Å². The monoisotopic (exact) mass is 276 g/mol. The van der Waals surface area contributed by atoms with Crippen molar-refractivity contribution in [3.05, 3.63) is 30.1 Å². The van der Waals surface area contributed by atoms with Gasteiger partial charge in [-0.3, -0.25) is 14.6 Å². The van der Waals surface area contributed by atoms with Gasteiger partial charge in [-0.15, -0.1) is 0 Å². The van der Waals surface area contributed by atoms with Gasteiger partial charge in [-0.2, -0.15) is 5.10 Å². The normalized spacial score (nSPS) is 9.70. The van der Waals surface area contributed by atoms with Gasteiger partial charge >= 0.3 is 0 Å². The van der Waals surface area contributed by atoms with Crippen LogP contribution in [0.25, 0.3) is 0 Å². The van der Waals surface area contributed by atoms with E-state index in [4.69, 9.17) is 0 Å². The van der Waals surface area contributed by atoms with E-state index in [0.29, 0.717) is 6.54 Å². The molecule has 0 atom stereocenters. The lowest BCUT2D eigenvalue weighted by Crippen LogP contribution is -2.30. The lowest BCUT2D eigenvalue weighted by Gasteiger charge is -2.05. The molecule has 0 saturated carbocycles. The van der Waals surface area contributed by atoms with Crippen molar-refractivity contribution in [2.24, 2.45) is 5.10 Å². The Morgan fingerprint density at radius 1 is 1.25 bits per heavy atom. The minimum absolute atomic E-state index is 0.232. The van der Waals surface area contributed by atoms with E-state index >= 15 is 0 Å². The van der Waals surface area contributed by atoms with Crippen LogP contribution < -0.4 is 10.7 Å². The number of pyridine rings is 1. The molecule has 0 aromatic carbocycles. The molecule has 0 radical (unpaired) electrons. The fourth-order valence-electron chi connectivity index (χ4n) is 1.50. The van der Waals surface area contributed by atoms with Crippen LogP contribution in [0.3, 0.4) is 0 Å². The molecule has 2 amide bonds. The van der Waals surface area contributed by atoms with E-state index in [1.165, 1.54) is 0 Å². The molecule has 0 bridgehead atoms. The lowest BCUT2D eigenvalue weighted by atomic mass is 10.2. The second-order valence-corrected chi connectivity index (χ2v) is 4.23. The number of carbonyl (C=O) groups excluding carboxylic acids is 2. The molecule has 6 nitrogen and oxygen atoms in total. The first-order valence-electron chi connectivity index (χ1n) is 6.65. The van der Waals surface area contributed by atoms with Crippen molar-refractivity contribution >= 4 is 17.5 Å². The number of nitrogens with zero attached hydrogens (tertiary/aromatic N) is 2. The second kappa shape index (κ2) is 8.79. The van der Waals surface area contributed by atoms with Crippen LogP contribution in [-0.4, -0.2) is 22.5 Å². The molecule has 6 heteroatoms. The standard InChI is InChI=1S/C14H20N4O2/c1-3-12(4-2)17-18-14(20)8-13(19)16-10-11-6-5-7-15-9-11/h5-7,9H,3-4,8,10H2,1-2H3,(H,16,19)(H,18,20). The summed E-state index contributed by atoms with van der Waals surface area (Å²) in [7, 11) is 0. The molecular formula is C14H20N4O2. The predicted octanol–water partition coefficient (Wildman–Crippen LogP) is 1.38. The fourth-order valence-corrected chi connectivity index (χ4v) is 1.50. The van der Waals surface area contributed by atoms with E-state index in [9.17, 15) is 9.59 Å². The van der Waals surface area contributed by atoms with E-state index in [1.807, 2.05) is 19.9 Å². The highest BCUT2D eigenvalue weighted by molar-refractivity contribution is 5.97. The number of carbonyl (C=O) groups is 2. The average Bonchev–Trinajstić information content (AvgIpc) is 2.47. The van der Waals surface area contributed by atoms with Gasteiger partial charge in [-0.25, -0.2) is 5.43 Å². The Kier molecular flexibility index (Phi) is 6.95. The smallest absolute Gasteiger partial charge is 0.249 e. The van der Waals surface area contributed by atoms with Gasteiger partial charge in [0.15, 0.2) is 0 Å². The van der Waals surface area contributed by atoms with Gasteiger partial charge in [-0.1, -0.05) is 19.9 Å². The summed E-state index contributed by atoms with van der Waals surface area (Å²) >= 11 is 0. The van der Waals surface area contributed by atoms with Crippen LogP contribution in [0.5, 0.6) is 0 Å². The zero-order valence-corrected chi connectivity index (χ0v) is 11.8. The molecule has 0 aliphatic carbocycles. The highest BCUT2D eigenvalue weighted by Crippen LogP contribution is 1.95. The fraction of sp³-hybridized carbons (Fsp3) is 0.429. The SMILES string of the molecule is CCC(CC)=NNC(=O)CC(=O)NCc1cccnc1. The Hall–Kier alpha value is -2.24. The summed E-state index contributed by atoms with van der Waals surface area (Å²) in [5.74, 6) is -0.746. The van der Waals surface area contributed by atoms with E-state index in [1.54, 1.807) is 18.5 Å². The lowest BCUT2D eigenvalue weighted by molar-refractivity contribution is -0.129. The summed E-state index contributed by atoms with van der Waals surface area (Å²) in [5, 5.41) is 6.62. The number of hydrogen-bond acceptors (Lipinski definition) is 4. The molecule has 0 unspecified atom stereocenters. The van der Waals surface area contributed by atoms with Crippen LogP contribution in [0.1, 0.15) is 38.7 Å². The minimum Gasteiger partial charge on any atom is -0.352 e. The van der Waals surface area contributed by atoms with E-state index in [-0.39, 0.29) is 12.3 Å². The Morgan fingerprint density at radius 3 is 2.60 bits per heavy atom. The quantitative estimate of drug-likeness (QED) is 0.448. The Bertz CT molecular complexity index is 465. The van der Waals surface area contributed by atoms with Crippen molar-refractivity contribution in [3.63, 3.8) is 0 Å². The van der Waals surface area contributed by atoms with Gasteiger partial charge in [0.25, 0.3) is 0 Å². The van der Waals surface area contributed by atoms with Gasteiger partial charge < -0.3 is 5.32 Å². The summed E-state index contributed by atoms with van der Waals surface area (Å²) in [6.07, 6.45) is 4.66. The average molecular weight is 276 g/mol. The maximum absolute atomic E-state index is 11.6. The molecule has 2 N–H and O–H groups in total. The zero-order valence-electron chi connectivity index (χ0n) is 11.8. The number of nitrogens with one attached hydrogen (secondary N) is 2. The number of hydrazone groups is 1. The highest BCUT2D eigenvalue weighted by atomic mass is 16.2. The predicted molar refractivity (Wildman–Crippen MR) is 76.9 cm³/mol. The third-order valence-electron chi connectivity index (χ3n) is 2.69. The van der Waals surface area contributed by atoms with E-state index in [2.05, 4.69) is 20.8 Å². The van der Waals surface area contributed by atoms with Crippen LogP contribution in [0.2, 0.25) is 0 Å².